The molecule has 3 N–H and O–H groups in total. The Bertz CT molecular complexity index is 671. The van der Waals surface area contributed by atoms with E-state index in [2.05, 4.69) is 26.6 Å². The highest BCUT2D eigenvalue weighted by Gasteiger charge is 2.33. The molecule has 0 unspecified atom stereocenters. The number of methoxy groups -OCH3 is 2. The zero-order valence-corrected chi connectivity index (χ0v) is 13.8. The SMILES string of the molecule is COC(=O)C1=C(C)NC(=O)N[C@H]1c1ccc(OC)c(O)c1Br. The van der Waals surface area contributed by atoms with Gasteiger partial charge in [-0.3, -0.25) is 0 Å². The fourth-order valence-electron chi connectivity index (χ4n) is 2.26. The van der Waals surface area contributed by atoms with Gasteiger partial charge >= 0.3 is 12.0 Å². The molecule has 0 bridgehead atoms. The van der Waals surface area contributed by atoms with E-state index in [-0.39, 0.29) is 17.1 Å². The fraction of sp³-hybridized carbons (Fsp3) is 0.286. The topological polar surface area (TPSA) is 96.9 Å². The summed E-state index contributed by atoms with van der Waals surface area (Å²) in [4.78, 5) is 23.7. The summed E-state index contributed by atoms with van der Waals surface area (Å²) in [6.07, 6.45) is 0. The predicted octanol–water partition coefficient (Wildman–Crippen LogP) is 1.96. The monoisotopic (exact) mass is 370 g/mol. The number of phenols is 1. The number of aromatic hydroxyl groups is 1. The number of phenolic OH excluding ortho intramolecular Hbond substituents is 1. The molecule has 7 nitrogen and oxygen atoms in total. The van der Waals surface area contributed by atoms with Gasteiger partial charge in [0, 0.05) is 5.70 Å². The highest BCUT2D eigenvalue weighted by molar-refractivity contribution is 9.10. The molecule has 0 radical (unpaired) electrons. The summed E-state index contributed by atoms with van der Waals surface area (Å²) < 4.78 is 10.1. The average molecular weight is 371 g/mol. The lowest BCUT2D eigenvalue weighted by molar-refractivity contribution is -0.136. The van der Waals surface area contributed by atoms with Crippen LogP contribution in [0.25, 0.3) is 0 Å². The Morgan fingerprint density at radius 2 is 2.05 bits per heavy atom. The molecule has 118 valence electrons. The number of ether oxygens (including phenoxy) is 2. The number of halogens is 1. The van der Waals surface area contributed by atoms with Gasteiger partial charge in [-0.2, -0.15) is 0 Å². The van der Waals surface area contributed by atoms with Gasteiger partial charge in [-0.1, -0.05) is 6.07 Å². The number of amides is 2. The van der Waals surface area contributed by atoms with Crippen LogP contribution in [0.3, 0.4) is 0 Å². The van der Waals surface area contributed by atoms with Crippen molar-refractivity contribution in [2.75, 3.05) is 14.2 Å². The van der Waals surface area contributed by atoms with Crippen LogP contribution >= 0.6 is 15.9 Å². The van der Waals surface area contributed by atoms with Gasteiger partial charge in [-0.05, 0) is 34.5 Å². The van der Waals surface area contributed by atoms with Gasteiger partial charge in [0.2, 0.25) is 0 Å². The second-order valence-corrected chi connectivity index (χ2v) is 5.37. The molecule has 0 aromatic heterocycles. The summed E-state index contributed by atoms with van der Waals surface area (Å²) in [6.45, 7) is 1.61. The van der Waals surface area contributed by atoms with Crippen LogP contribution < -0.4 is 15.4 Å². The van der Waals surface area contributed by atoms with Crippen LogP contribution in [-0.4, -0.2) is 31.3 Å². The van der Waals surface area contributed by atoms with E-state index in [1.165, 1.54) is 14.2 Å². The van der Waals surface area contributed by atoms with Crippen molar-refractivity contribution in [3.05, 3.63) is 33.4 Å². The molecular formula is C14H15BrN2O5. The second kappa shape index (κ2) is 6.27. The van der Waals surface area contributed by atoms with E-state index in [0.29, 0.717) is 15.7 Å². The van der Waals surface area contributed by atoms with Gasteiger partial charge in [0.15, 0.2) is 11.5 Å². The molecule has 1 heterocycles. The summed E-state index contributed by atoms with van der Waals surface area (Å²) in [5, 5.41) is 15.3. The molecule has 0 saturated carbocycles. The maximum absolute atomic E-state index is 12.0. The molecule has 2 rings (SSSR count). The minimum Gasteiger partial charge on any atom is -0.503 e. The fourth-order valence-corrected chi connectivity index (χ4v) is 2.81. The van der Waals surface area contributed by atoms with Crippen LogP contribution in [0.4, 0.5) is 4.79 Å². The molecule has 1 atom stereocenters. The lowest BCUT2D eigenvalue weighted by Gasteiger charge is -2.28. The van der Waals surface area contributed by atoms with Gasteiger partial charge in [-0.15, -0.1) is 0 Å². The minimum absolute atomic E-state index is 0.116. The molecule has 22 heavy (non-hydrogen) atoms. The Labute approximate surface area is 135 Å². The van der Waals surface area contributed by atoms with Crippen molar-refractivity contribution in [1.82, 2.24) is 10.6 Å². The number of allylic oxidation sites excluding steroid dienone is 1. The predicted molar refractivity (Wildman–Crippen MR) is 81.5 cm³/mol. The Kier molecular flexibility index (Phi) is 4.60. The molecule has 0 saturated heterocycles. The summed E-state index contributed by atoms with van der Waals surface area (Å²) in [7, 11) is 2.69. The van der Waals surface area contributed by atoms with E-state index < -0.39 is 18.0 Å². The summed E-state index contributed by atoms with van der Waals surface area (Å²) in [5.41, 5.74) is 1.16. The molecule has 8 heteroatoms. The molecule has 0 fully saturated rings. The van der Waals surface area contributed by atoms with Crippen LogP contribution in [0.5, 0.6) is 11.5 Å². The lowest BCUT2D eigenvalue weighted by Crippen LogP contribution is -2.45. The van der Waals surface area contributed by atoms with Crippen molar-refractivity contribution in [2.24, 2.45) is 0 Å². The first-order chi connectivity index (χ1) is 10.4. The van der Waals surface area contributed by atoms with E-state index in [1.54, 1.807) is 19.1 Å². The standard InChI is InChI=1S/C14H15BrN2O5/c1-6-9(13(19)22-3)11(17-14(20)16-6)7-4-5-8(21-2)12(18)10(7)15/h4-5,11,18H,1-3H3,(H2,16,17,20)/t11-/m0/s1. The molecule has 0 spiro atoms. The number of hydrogen-bond donors (Lipinski definition) is 3. The van der Waals surface area contributed by atoms with E-state index in [0.717, 1.165) is 0 Å². The molecule has 1 aliphatic heterocycles. The Morgan fingerprint density at radius 1 is 1.36 bits per heavy atom. The smallest absolute Gasteiger partial charge is 0.337 e. The number of esters is 1. The first kappa shape index (κ1) is 16.2. The average Bonchev–Trinajstić information content (AvgIpc) is 2.48. The first-order valence-corrected chi connectivity index (χ1v) is 7.12. The second-order valence-electron chi connectivity index (χ2n) is 4.58. The van der Waals surface area contributed by atoms with Gasteiger partial charge in [0.05, 0.1) is 30.3 Å². The number of urea groups is 1. The van der Waals surface area contributed by atoms with Gasteiger partial charge in [-0.25, -0.2) is 9.59 Å². The van der Waals surface area contributed by atoms with Crippen LogP contribution in [0.2, 0.25) is 0 Å². The molecule has 1 aliphatic rings. The minimum atomic E-state index is -0.757. The zero-order valence-electron chi connectivity index (χ0n) is 12.2. The number of rotatable bonds is 3. The van der Waals surface area contributed by atoms with E-state index in [9.17, 15) is 14.7 Å². The first-order valence-electron chi connectivity index (χ1n) is 6.32. The zero-order chi connectivity index (χ0) is 16.4. The lowest BCUT2D eigenvalue weighted by atomic mass is 9.95. The third-order valence-corrected chi connectivity index (χ3v) is 4.15. The van der Waals surface area contributed by atoms with Crippen LogP contribution in [-0.2, 0) is 9.53 Å². The maximum Gasteiger partial charge on any atom is 0.337 e. The molecule has 2 amide bonds. The number of nitrogens with one attached hydrogen (secondary N) is 2. The maximum atomic E-state index is 12.0. The highest BCUT2D eigenvalue weighted by Crippen LogP contribution is 2.41. The van der Waals surface area contributed by atoms with Crippen molar-refractivity contribution >= 4 is 27.9 Å². The molecular weight excluding hydrogens is 356 g/mol. The van der Waals surface area contributed by atoms with Crippen molar-refractivity contribution in [3.63, 3.8) is 0 Å². The van der Waals surface area contributed by atoms with Crippen molar-refractivity contribution in [3.8, 4) is 11.5 Å². The third kappa shape index (κ3) is 2.74. The number of carbonyl (C=O) groups excluding carboxylic acids is 2. The Hall–Kier alpha value is -2.22. The van der Waals surface area contributed by atoms with E-state index >= 15 is 0 Å². The van der Waals surface area contributed by atoms with Crippen molar-refractivity contribution < 1.29 is 24.2 Å². The van der Waals surface area contributed by atoms with Crippen LogP contribution in [0, 0.1) is 0 Å². The summed E-state index contributed by atoms with van der Waals surface area (Å²) >= 11 is 3.27. The summed E-state index contributed by atoms with van der Waals surface area (Å²) in [6, 6.07) is 1.99. The van der Waals surface area contributed by atoms with Gasteiger partial charge < -0.3 is 25.2 Å². The van der Waals surface area contributed by atoms with E-state index in [1.807, 2.05) is 0 Å². The molecule has 0 aliphatic carbocycles. The van der Waals surface area contributed by atoms with Crippen LogP contribution in [0.15, 0.2) is 27.9 Å². The molecule has 1 aromatic rings. The Morgan fingerprint density at radius 3 is 2.64 bits per heavy atom. The number of benzene rings is 1. The van der Waals surface area contributed by atoms with Gasteiger partial charge in [0.25, 0.3) is 0 Å². The van der Waals surface area contributed by atoms with Crippen molar-refractivity contribution in [2.45, 2.75) is 13.0 Å². The highest BCUT2D eigenvalue weighted by atomic mass is 79.9. The van der Waals surface area contributed by atoms with Crippen LogP contribution in [0.1, 0.15) is 18.5 Å². The number of carbonyl (C=O) groups is 2. The molecule has 1 aromatic carbocycles. The normalized spacial score (nSPS) is 17.6. The number of hydrogen-bond acceptors (Lipinski definition) is 5. The third-order valence-electron chi connectivity index (χ3n) is 3.31. The quantitative estimate of drug-likeness (QED) is 0.706. The summed E-state index contributed by atoms with van der Waals surface area (Å²) in [5.74, 6) is -0.414. The Balaban J connectivity index is 2.58. The van der Waals surface area contributed by atoms with E-state index in [4.69, 9.17) is 9.47 Å². The largest absolute Gasteiger partial charge is 0.503 e. The van der Waals surface area contributed by atoms with Gasteiger partial charge in [0.1, 0.15) is 0 Å². The van der Waals surface area contributed by atoms with Crippen molar-refractivity contribution in [1.29, 1.82) is 0 Å².